The molecule has 0 aliphatic carbocycles. The fraction of sp³-hybridized carbons (Fsp3) is 0.0909. The van der Waals surface area contributed by atoms with E-state index in [0.29, 0.717) is 6.29 Å². The maximum atomic E-state index is 13.5. The fourth-order valence-corrected chi connectivity index (χ4v) is 1.68. The van der Waals surface area contributed by atoms with Crippen LogP contribution in [0.2, 0.25) is 5.15 Å². The molecule has 0 spiro atoms. The minimum Gasteiger partial charge on any atom is -0.298 e. The van der Waals surface area contributed by atoms with Crippen LogP contribution in [0.25, 0.3) is 11.3 Å². The van der Waals surface area contributed by atoms with Gasteiger partial charge in [0.25, 0.3) is 0 Å². The topological polar surface area (TPSA) is 34.9 Å². The zero-order chi connectivity index (χ0) is 12.6. The summed E-state index contributed by atoms with van der Waals surface area (Å²) >= 11 is 5.82. The Bertz CT molecular complexity index is 595. The van der Waals surface area contributed by atoms with Gasteiger partial charge in [-0.05, 0) is 12.1 Å². The lowest BCUT2D eigenvalue weighted by Crippen LogP contribution is -1.92. The summed E-state index contributed by atoms with van der Waals surface area (Å²) in [5, 5.41) is 4.04. The van der Waals surface area contributed by atoms with Crippen LogP contribution < -0.4 is 0 Å². The molecular formula is C11H7ClF2N2O. The predicted molar refractivity (Wildman–Crippen MR) is 59.0 cm³/mol. The van der Waals surface area contributed by atoms with Crippen LogP contribution in [0.3, 0.4) is 0 Å². The number of aryl methyl sites for hydroxylation is 1. The first-order chi connectivity index (χ1) is 8.04. The maximum Gasteiger partial charge on any atom is 0.155 e. The minimum atomic E-state index is -0.789. The van der Waals surface area contributed by atoms with Gasteiger partial charge in [0.2, 0.25) is 0 Å². The smallest absolute Gasteiger partial charge is 0.155 e. The molecule has 1 aromatic heterocycles. The number of nitrogens with zero attached hydrogens (tertiary/aromatic N) is 2. The molecule has 2 rings (SSSR count). The molecule has 6 heteroatoms. The van der Waals surface area contributed by atoms with Crippen molar-refractivity contribution in [1.82, 2.24) is 9.78 Å². The summed E-state index contributed by atoms with van der Waals surface area (Å²) in [6.45, 7) is 0. The zero-order valence-corrected chi connectivity index (χ0v) is 9.50. The van der Waals surface area contributed by atoms with Crippen molar-refractivity contribution in [2.45, 2.75) is 0 Å². The average molecular weight is 257 g/mol. The van der Waals surface area contributed by atoms with Gasteiger partial charge in [-0.15, -0.1) is 0 Å². The van der Waals surface area contributed by atoms with Crippen molar-refractivity contribution < 1.29 is 13.6 Å². The molecule has 17 heavy (non-hydrogen) atoms. The van der Waals surface area contributed by atoms with Gasteiger partial charge in [0.05, 0.1) is 5.56 Å². The fourth-order valence-electron chi connectivity index (χ4n) is 1.50. The van der Waals surface area contributed by atoms with Crippen molar-refractivity contribution in [3.05, 3.63) is 40.6 Å². The van der Waals surface area contributed by atoms with Crippen LogP contribution in [-0.4, -0.2) is 16.1 Å². The molecule has 0 amide bonds. The Morgan fingerprint density at radius 3 is 2.71 bits per heavy atom. The molecule has 0 saturated carbocycles. The van der Waals surface area contributed by atoms with Crippen LogP contribution >= 0.6 is 11.6 Å². The van der Waals surface area contributed by atoms with E-state index in [-0.39, 0.29) is 22.0 Å². The quantitative estimate of drug-likeness (QED) is 0.775. The lowest BCUT2D eigenvalue weighted by molar-refractivity contribution is 0.112. The van der Waals surface area contributed by atoms with Crippen LogP contribution in [-0.2, 0) is 7.05 Å². The predicted octanol–water partition coefficient (Wildman–Crippen LogP) is 2.83. The number of aldehydes is 1. The summed E-state index contributed by atoms with van der Waals surface area (Å²) < 4.78 is 27.6. The van der Waals surface area contributed by atoms with E-state index in [4.69, 9.17) is 11.6 Å². The van der Waals surface area contributed by atoms with Crippen LogP contribution in [0.15, 0.2) is 18.2 Å². The van der Waals surface area contributed by atoms with Crippen molar-refractivity contribution >= 4 is 17.9 Å². The highest BCUT2D eigenvalue weighted by atomic mass is 35.5. The zero-order valence-electron chi connectivity index (χ0n) is 8.75. The Hall–Kier alpha value is -1.75. The van der Waals surface area contributed by atoms with E-state index < -0.39 is 11.6 Å². The molecule has 0 N–H and O–H groups in total. The number of rotatable bonds is 2. The molecule has 0 atom stereocenters. The van der Waals surface area contributed by atoms with Gasteiger partial charge >= 0.3 is 0 Å². The Labute approximate surface area is 101 Å². The van der Waals surface area contributed by atoms with Gasteiger partial charge in [-0.25, -0.2) is 8.78 Å². The van der Waals surface area contributed by atoms with Crippen molar-refractivity contribution in [3.8, 4) is 11.3 Å². The molecular weight excluding hydrogens is 250 g/mol. The molecule has 0 aliphatic rings. The highest BCUT2D eigenvalue weighted by molar-refractivity contribution is 6.32. The van der Waals surface area contributed by atoms with Crippen molar-refractivity contribution in [1.29, 1.82) is 0 Å². The monoisotopic (exact) mass is 256 g/mol. The third-order valence-electron chi connectivity index (χ3n) is 2.32. The summed E-state index contributed by atoms with van der Waals surface area (Å²) in [4.78, 5) is 10.9. The number of aromatic nitrogens is 2. The second-order valence-electron chi connectivity index (χ2n) is 3.42. The number of benzene rings is 1. The van der Waals surface area contributed by atoms with Gasteiger partial charge in [-0.1, -0.05) is 11.6 Å². The Morgan fingerprint density at radius 1 is 1.41 bits per heavy atom. The van der Waals surface area contributed by atoms with Gasteiger partial charge in [-0.2, -0.15) is 5.10 Å². The number of halogens is 3. The Morgan fingerprint density at radius 2 is 2.12 bits per heavy atom. The summed E-state index contributed by atoms with van der Waals surface area (Å²) in [6, 6.07) is 3.04. The van der Waals surface area contributed by atoms with E-state index in [1.165, 1.54) is 17.8 Å². The molecule has 88 valence electrons. The maximum absolute atomic E-state index is 13.5. The molecule has 0 unspecified atom stereocenters. The standard InChI is InChI=1S/C11H7ClF2N2O/c1-16-11(12)8(5-17)10(15-16)7-3-2-6(13)4-9(7)14/h2-5H,1H3. The molecule has 0 bridgehead atoms. The third kappa shape index (κ3) is 1.93. The van der Waals surface area contributed by atoms with Gasteiger partial charge in [-0.3, -0.25) is 9.48 Å². The summed E-state index contributed by atoms with van der Waals surface area (Å²) in [7, 11) is 1.53. The largest absolute Gasteiger partial charge is 0.298 e. The highest BCUT2D eigenvalue weighted by Crippen LogP contribution is 2.28. The second kappa shape index (κ2) is 4.25. The Balaban J connectivity index is 2.68. The molecule has 2 aromatic rings. The summed E-state index contributed by atoms with van der Waals surface area (Å²) in [5.41, 5.74) is 0.223. The first-order valence-corrected chi connectivity index (χ1v) is 5.05. The number of carbonyl (C=O) groups is 1. The molecule has 0 fully saturated rings. The van der Waals surface area contributed by atoms with Crippen LogP contribution in [0.5, 0.6) is 0 Å². The lowest BCUT2D eigenvalue weighted by atomic mass is 10.1. The molecule has 0 aliphatic heterocycles. The number of carbonyl (C=O) groups excluding carboxylic acids is 1. The Kier molecular flexibility index (Phi) is 2.93. The summed E-state index contributed by atoms with van der Waals surface area (Å²) in [6.07, 6.45) is 0.494. The van der Waals surface area contributed by atoms with Crippen LogP contribution in [0, 0.1) is 11.6 Å². The van der Waals surface area contributed by atoms with Crippen molar-refractivity contribution in [3.63, 3.8) is 0 Å². The van der Waals surface area contributed by atoms with E-state index in [1.807, 2.05) is 0 Å². The molecule has 3 nitrogen and oxygen atoms in total. The minimum absolute atomic E-state index is 0.0380. The molecule has 1 aromatic carbocycles. The van der Waals surface area contributed by atoms with Crippen molar-refractivity contribution in [2.24, 2.45) is 7.05 Å². The van der Waals surface area contributed by atoms with Crippen molar-refractivity contribution in [2.75, 3.05) is 0 Å². The van der Waals surface area contributed by atoms with E-state index in [0.717, 1.165) is 12.1 Å². The van der Waals surface area contributed by atoms with Gasteiger partial charge < -0.3 is 0 Å². The third-order valence-corrected chi connectivity index (χ3v) is 2.76. The SMILES string of the molecule is Cn1nc(-c2ccc(F)cc2F)c(C=O)c1Cl. The number of hydrogen-bond acceptors (Lipinski definition) is 2. The van der Waals surface area contributed by atoms with E-state index in [2.05, 4.69) is 5.10 Å². The van der Waals surface area contributed by atoms with E-state index in [9.17, 15) is 13.6 Å². The highest BCUT2D eigenvalue weighted by Gasteiger charge is 2.18. The van der Waals surface area contributed by atoms with E-state index >= 15 is 0 Å². The van der Waals surface area contributed by atoms with Crippen LogP contribution in [0.1, 0.15) is 10.4 Å². The lowest BCUT2D eigenvalue weighted by Gasteiger charge is -2.00. The van der Waals surface area contributed by atoms with E-state index in [1.54, 1.807) is 0 Å². The summed E-state index contributed by atoms with van der Waals surface area (Å²) in [5.74, 6) is -1.48. The van der Waals surface area contributed by atoms with Gasteiger partial charge in [0, 0.05) is 18.7 Å². The average Bonchev–Trinajstić information content (AvgIpc) is 2.55. The first kappa shape index (κ1) is 11.7. The molecule has 1 heterocycles. The van der Waals surface area contributed by atoms with Gasteiger partial charge in [0.15, 0.2) is 6.29 Å². The number of hydrogen-bond donors (Lipinski definition) is 0. The molecule has 0 radical (unpaired) electrons. The normalized spacial score (nSPS) is 10.6. The van der Waals surface area contributed by atoms with Gasteiger partial charge in [0.1, 0.15) is 22.5 Å². The second-order valence-corrected chi connectivity index (χ2v) is 3.78. The first-order valence-electron chi connectivity index (χ1n) is 4.67. The van der Waals surface area contributed by atoms with Crippen LogP contribution in [0.4, 0.5) is 8.78 Å². The molecule has 0 saturated heterocycles.